The number of amides is 2. The van der Waals surface area contributed by atoms with Gasteiger partial charge in [-0.3, -0.25) is 9.59 Å². The fraction of sp³-hybridized carbons (Fsp3) is 0.160. The third-order valence-electron chi connectivity index (χ3n) is 5.40. The molecule has 0 aliphatic carbocycles. The van der Waals surface area contributed by atoms with E-state index in [-0.39, 0.29) is 11.5 Å². The number of rotatable bonds is 6. The van der Waals surface area contributed by atoms with Crippen molar-refractivity contribution in [2.24, 2.45) is 0 Å². The largest absolute Gasteiger partial charge is 0.497 e. The van der Waals surface area contributed by atoms with Crippen LogP contribution in [0.3, 0.4) is 0 Å². The molecule has 2 amide bonds. The van der Waals surface area contributed by atoms with Gasteiger partial charge in [-0.1, -0.05) is 12.1 Å². The summed E-state index contributed by atoms with van der Waals surface area (Å²) in [4.78, 5) is 25.8. The maximum absolute atomic E-state index is 13.3. The third-order valence-corrected chi connectivity index (χ3v) is 5.40. The molecule has 0 spiro atoms. The first-order chi connectivity index (χ1) is 16.0. The van der Waals surface area contributed by atoms with Crippen LogP contribution in [0.15, 0.2) is 72.8 Å². The van der Waals surface area contributed by atoms with E-state index in [0.29, 0.717) is 11.5 Å². The van der Waals surface area contributed by atoms with Gasteiger partial charge in [0.15, 0.2) is 6.04 Å². The number of hydrazine groups is 1. The standard InChI is InChI=1S/C25H22FN3O4/c1-32-20-13-9-16(10-14-20)23-22(27-24(30)17-7-11-19(26)12-8-17)25(31)28-29(23)15-18-5-3-4-6-21(18)33-2/h3-15,22-23H,1-2H3,(H-,27,28,30,31)/p+1/b29-15-/t22-,23+/m0/s1. The number of methoxy groups -OCH3 is 2. The fourth-order valence-electron chi connectivity index (χ4n) is 3.73. The summed E-state index contributed by atoms with van der Waals surface area (Å²) in [6, 6.07) is 18.3. The van der Waals surface area contributed by atoms with E-state index in [9.17, 15) is 14.0 Å². The van der Waals surface area contributed by atoms with Crippen LogP contribution in [-0.4, -0.2) is 43.0 Å². The van der Waals surface area contributed by atoms with Crippen molar-refractivity contribution in [3.8, 4) is 11.5 Å². The van der Waals surface area contributed by atoms with Gasteiger partial charge >= 0.3 is 5.91 Å². The lowest BCUT2D eigenvalue weighted by Crippen LogP contribution is -2.42. The summed E-state index contributed by atoms with van der Waals surface area (Å²) < 4.78 is 25.6. The molecule has 0 aromatic heterocycles. The van der Waals surface area contributed by atoms with Gasteiger partial charge in [0.2, 0.25) is 12.3 Å². The average Bonchev–Trinajstić information content (AvgIpc) is 3.14. The number of para-hydroxylation sites is 1. The van der Waals surface area contributed by atoms with E-state index in [0.717, 1.165) is 11.1 Å². The predicted octanol–water partition coefficient (Wildman–Crippen LogP) is 2.86. The van der Waals surface area contributed by atoms with Crippen molar-refractivity contribution in [2.75, 3.05) is 14.2 Å². The van der Waals surface area contributed by atoms with Crippen LogP contribution in [0.2, 0.25) is 0 Å². The van der Waals surface area contributed by atoms with E-state index >= 15 is 0 Å². The molecule has 0 bridgehead atoms. The first-order valence-corrected chi connectivity index (χ1v) is 10.3. The van der Waals surface area contributed by atoms with E-state index in [1.54, 1.807) is 37.3 Å². The number of hydrogen-bond donors (Lipinski definition) is 2. The van der Waals surface area contributed by atoms with E-state index in [4.69, 9.17) is 9.47 Å². The minimum atomic E-state index is -0.901. The first-order valence-electron chi connectivity index (χ1n) is 10.3. The van der Waals surface area contributed by atoms with Crippen LogP contribution in [0.4, 0.5) is 4.39 Å². The number of hydrogen-bond acceptors (Lipinski definition) is 4. The van der Waals surface area contributed by atoms with E-state index in [2.05, 4.69) is 10.7 Å². The lowest BCUT2D eigenvalue weighted by molar-refractivity contribution is -0.596. The van der Waals surface area contributed by atoms with Gasteiger partial charge in [-0.2, -0.15) is 0 Å². The summed E-state index contributed by atoms with van der Waals surface area (Å²) in [5, 5.41) is 2.79. The van der Waals surface area contributed by atoms with Gasteiger partial charge in [0.25, 0.3) is 5.91 Å². The quantitative estimate of drug-likeness (QED) is 0.569. The normalized spacial score (nSPS) is 18.6. The van der Waals surface area contributed by atoms with Gasteiger partial charge in [-0.25, -0.2) is 4.39 Å². The molecule has 168 valence electrons. The number of carbonyl (C=O) groups is 2. The molecule has 1 aliphatic heterocycles. The summed E-state index contributed by atoms with van der Waals surface area (Å²) in [5.74, 6) is 0.00583. The lowest BCUT2D eigenvalue weighted by atomic mass is 9.99. The number of nitrogens with zero attached hydrogens (tertiary/aromatic N) is 1. The van der Waals surface area contributed by atoms with Crippen molar-refractivity contribution in [2.45, 2.75) is 12.1 Å². The molecule has 2 N–H and O–H groups in total. The summed E-state index contributed by atoms with van der Waals surface area (Å²) >= 11 is 0. The number of hydrazone groups is 1. The number of ether oxygens (including phenoxy) is 2. The Morgan fingerprint density at radius 1 is 1.00 bits per heavy atom. The monoisotopic (exact) mass is 448 g/mol. The van der Waals surface area contributed by atoms with Gasteiger partial charge in [0.1, 0.15) is 17.3 Å². The van der Waals surface area contributed by atoms with Gasteiger partial charge in [0.05, 0.1) is 19.8 Å². The highest BCUT2D eigenvalue weighted by atomic mass is 19.1. The summed E-state index contributed by atoms with van der Waals surface area (Å²) in [7, 11) is 3.14. The molecule has 3 aromatic rings. The summed E-state index contributed by atoms with van der Waals surface area (Å²) in [5.41, 5.74) is 4.61. The molecule has 1 aliphatic rings. The highest BCUT2D eigenvalue weighted by Gasteiger charge is 2.48. The van der Waals surface area contributed by atoms with Crippen LogP contribution in [0.1, 0.15) is 27.5 Å². The predicted molar refractivity (Wildman–Crippen MR) is 120 cm³/mol. The molecule has 0 radical (unpaired) electrons. The van der Waals surface area contributed by atoms with Gasteiger partial charge in [-0.05, 0) is 60.7 Å². The molecule has 3 aromatic carbocycles. The van der Waals surface area contributed by atoms with Crippen LogP contribution < -0.4 is 20.2 Å². The number of nitrogens with one attached hydrogen (secondary N) is 2. The van der Waals surface area contributed by atoms with E-state index in [1.807, 2.05) is 36.4 Å². The van der Waals surface area contributed by atoms with Crippen molar-refractivity contribution < 1.29 is 28.1 Å². The van der Waals surface area contributed by atoms with Crippen LogP contribution in [0, 0.1) is 5.82 Å². The fourth-order valence-corrected chi connectivity index (χ4v) is 3.73. The maximum Gasteiger partial charge on any atom is 0.304 e. The second kappa shape index (κ2) is 9.52. The summed E-state index contributed by atoms with van der Waals surface area (Å²) in [6.07, 6.45) is 1.76. The molecule has 0 unspecified atom stereocenters. The molecule has 2 atom stereocenters. The molecule has 33 heavy (non-hydrogen) atoms. The number of halogens is 1. The minimum Gasteiger partial charge on any atom is -0.497 e. The number of benzene rings is 3. The summed E-state index contributed by atoms with van der Waals surface area (Å²) in [6.45, 7) is 0. The van der Waals surface area contributed by atoms with E-state index in [1.165, 1.54) is 24.3 Å². The second-order valence-electron chi connectivity index (χ2n) is 7.43. The van der Waals surface area contributed by atoms with Gasteiger partial charge in [-0.15, -0.1) is 10.1 Å². The van der Waals surface area contributed by atoms with Gasteiger partial charge < -0.3 is 14.8 Å². The van der Waals surface area contributed by atoms with Crippen LogP contribution >= 0.6 is 0 Å². The highest BCUT2D eigenvalue weighted by Crippen LogP contribution is 2.28. The molecule has 8 heteroatoms. The van der Waals surface area contributed by atoms with Crippen molar-refractivity contribution >= 4 is 18.0 Å². The minimum absolute atomic E-state index is 0.254. The third kappa shape index (κ3) is 4.69. The Bertz CT molecular complexity index is 1190. The van der Waals surface area contributed by atoms with Crippen molar-refractivity contribution in [3.63, 3.8) is 0 Å². The molecule has 1 saturated heterocycles. The second-order valence-corrected chi connectivity index (χ2v) is 7.43. The van der Waals surface area contributed by atoms with Gasteiger partial charge in [0, 0.05) is 11.1 Å². The Hall–Kier alpha value is -4.20. The Labute approximate surface area is 190 Å². The average molecular weight is 448 g/mol. The highest BCUT2D eigenvalue weighted by molar-refractivity contribution is 5.98. The topological polar surface area (TPSA) is 79.7 Å². The Kier molecular flexibility index (Phi) is 6.35. The molecule has 7 nitrogen and oxygen atoms in total. The molecule has 4 rings (SSSR count). The van der Waals surface area contributed by atoms with Crippen molar-refractivity contribution in [3.05, 3.63) is 95.3 Å². The van der Waals surface area contributed by atoms with Crippen molar-refractivity contribution in [1.82, 2.24) is 10.7 Å². The molecule has 1 fully saturated rings. The zero-order chi connectivity index (χ0) is 23.4. The molecular formula is C25H23FN3O4+. The molecule has 0 saturated carbocycles. The smallest absolute Gasteiger partial charge is 0.304 e. The van der Waals surface area contributed by atoms with Crippen LogP contribution in [-0.2, 0) is 4.79 Å². The van der Waals surface area contributed by atoms with Crippen LogP contribution in [0.25, 0.3) is 0 Å². The SMILES string of the molecule is COc1ccc([C@@H]2[C@H](NC(=O)c3ccc(F)cc3)C(=O)N/[N+]2=C\c2ccccc2OC)cc1. The first kappa shape index (κ1) is 22.0. The zero-order valence-electron chi connectivity index (χ0n) is 18.1. The molecular weight excluding hydrogens is 425 g/mol. The Morgan fingerprint density at radius 3 is 2.36 bits per heavy atom. The zero-order valence-corrected chi connectivity index (χ0v) is 18.1. The van der Waals surface area contributed by atoms with Crippen molar-refractivity contribution in [1.29, 1.82) is 0 Å². The number of carbonyl (C=O) groups excluding carboxylic acids is 2. The van der Waals surface area contributed by atoms with Crippen LogP contribution in [0.5, 0.6) is 11.5 Å². The maximum atomic E-state index is 13.3. The Morgan fingerprint density at radius 2 is 1.70 bits per heavy atom. The van der Waals surface area contributed by atoms with E-state index < -0.39 is 23.8 Å². The Balaban J connectivity index is 1.72. The lowest BCUT2D eigenvalue weighted by Gasteiger charge is -2.15. The molecule has 1 heterocycles.